The summed E-state index contributed by atoms with van der Waals surface area (Å²) in [6, 6.07) is 5.96. The van der Waals surface area contributed by atoms with Crippen molar-refractivity contribution in [1.82, 2.24) is 9.47 Å². The Morgan fingerprint density at radius 1 is 1.24 bits per heavy atom. The minimum absolute atomic E-state index is 0.247. The van der Waals surface area contributed by atoms with E-state index in [2.05, 4.69) is 11.5 Å². The molecular formula is C23H31N3O3. The molecule has 2 amide bonds. The smallest absolute Gasteiger partial charge is 0.251 e. The second-order valence-corrected chi connectivity index (χ2v) is 7.67. The van der Waals surface area contributed by atoms with E-state index in [1.165, 1.54) is 0 Å². The Hall–Kier alpha value is -2.76. The van der Waals surface area contributed by atoms with Crippen LogP contribution in [0, 0.1) is 13.8 Å². The summed E-state index contributed by atoms with van der Waals surface area (Å²) in [4.78, 5) is 26.2. The Morgan fingerprint density at radius 3 is 2.55 bits per heavy atom. The number of ether oxygens (including phenoxy) is 1. The number of primary amides is 1. The van der Waals surface area contributed by atoms with Crippen molar-refractivity contribution in [2.75, 3.05) is 20.2 Å². The van der Waals surface area contributed by atoms with Gasteiger partial charge in [-0.3, -0.25) is 9.59 Å². The first kappa shape index (κ1) is 21.0. The van der Waals surface area contributed by atoms with E-state index in [1.807, 2.05) is 36.9 Å². The van der Waals surface area contributed by atoms with Gasteiger partial charge in [-0.2, -0.15) is 0 Å². The van der Waals surface area contributed by atoms with Gasteiger partial charge in [0.15, 0.2) is 0 Å². The summed E-state index contributed by atoms with van der Waals surface area (Å²) in [5.74, 6) is 0.658. The number of amides is 2. The van der Waals surface area contributed by atoms with E-state index in [9.17, 15) is 9.59 Å². The van der Waals surface area contributed by atoms with Crippen molar-refractivity contribution in [3.05, 3.63) is 40.7 Å². The zero-order chi connectivity index (χ0) is 21.1. The van der Waals surface area contributed by atoms with Crippen LogP contribution in [-0.4, -0.2) is 41.5 Å². The van der Waals surface area contributed by atoms with Crippen molar-refractivity contribution >= 4 is 11.8 Å². The van der Waals surface area contributed by atoms with Crippen LogP contribution in [0.1, 0.15) is 53.5 Å². The molecule has 2 aromatic rings. The molecule has 0 aliphatic carbocycles. The van der Waals surface area contributed by atoms with Crippen LogP contribution in [0.3, 0.4) is 0 Å². The van der Waals surface area contributed by atoms with Crippen molar-refractivity contribution in [2.45, 2.75) is 53.0 Å². The number of benzene rings is 1. The fraction of sp³-hybridized carbons (Fsp3) is 0.478. The molecule has 29 heavy (non-hydrogen) atoms. The average Bonchev–Trinajstić information content (AvgIpc) is 3.22. The Balaban J connectivity index is 1.97. The summed E-state index contributed by atoms with van der Waals surface area (Å²) in [6.45, 7) is 8.42. The molecule has 1 aliphatic heterocycles. The van der Waals surface area contributed by atoms with E-state index in [4.69, 9.17) is 10.5 Å². The first-order chi connectivity index (χ1) is 13.9. The molecule has 156 valence electrons. The number of likely N-dealkylation sites (tertiary alicyclic amines) is 1. The Kier molecular flexibility index (Phi) is 6.30. The molecule has 0 atom stereocenters. The highest BCUT2D eigenvalue weighted by Crippen LogP contribution is 2.35. The largest absolute Gasteiger partial charge is 0.496 e. The maximum Gasteiger partial charge on any atom is 0.251 e. The molecule has 6 heteroatoms. The van der Waals surface area contributed by atoms with E-state index in [0.29, 0.717) is 12.0 Å². The van der Waals surface area contributed by atoms with Crippen LogP contribution < -0.4 is 10.5 Å². The molecule has 3 rings (SSSR count). The van der Waals surface area contributed by atoms with Gasteiger partial charge in [0.25, 0.3) is 5.91 Å². The zero-order valence-corrected chi connectivity index (χ0v) is 17.9. The fourth-order valence-corrected chi connectivity index (χ4v) is 4.47. The molecule has 6 nitrogen and oxygen atoms in total. The first-order valence-corrected chi connectivity index (χ1v) is 10.3. The number of carbonyl (C=O) groups excluding carboxylic acids is 2. The molecule has 0 bridgehead atoms. The van der Waals surface area contributed by atoms with Crippen LogP contribution in [-0.2, 0) is 17.8 Å². The van der Waals surface area contributed by atoms with E-state index in [1.54, 1.807) is 7.11 Å². The minimum Gasteiger partial charge on any atom is -0.496 e. The number of hydrogen-bond donors (Lipinski definition) is 1. The third kappa shape index (κ3) is 4.02. The van der Waals surface area contributed by atoms with Crippen molar-refractivity contribution in [3.8, 4) is 16.9 Å². The van der Waals surface area contributed by atoms with E-state index in [-0.39, 0.29) is 5.91 Å². The summed E-state index contributed by atoms with van der Waals surface area (Å²) >= 11 is 0. The van der Waals surface area contributed by atoms with Crippen molar-refractivity contribution in [2.24, 2.45) is 5.73 Å². The maximum absolute atomic E-state index is 12.4. The molecular weight excluding hydrogens is 366 g/mol. The number of aromatic nitrogens is 1. The highest BCUT2D eigenvalue weighted by Gasteiger charge is 2.25. The van der Waals surface area contributed by atoms with E-state index >= 15 is 0 Å². The molecule has 0 spiro atoms. The highest BCUT2D eigenvalue weighted by atomic mass is 16.5. The third-order valence-electron chi connectivity index (χ3n) is 5.88. The van der Waals surface area contributed by atoms with Gasteiger partial charge in [0.2, 0.25) is 5.91 Å². The normalized spacial score (nSPS) is 13.9. The number of carbonyl (C=O) groups is 2. The van der Waals surface area contributed by atoms with Crippen molar-refractivity contribution < 1.29 is 14.3 Å². The van der Waals surface area contributed by atoms with Crippen LogP contribution in [0.25, 0.3) is 11.1 Å². The second kappa shape index (κ2) is 8.72. The van der Waals surface area contributed by atoms with Crippen LogP contribution in [0.5, 0.6) is 5.75 Å². The van der Waals surface area contributed by atoms with Gasteiger partial charge in [-0.15, -0.1) is 0 Å². The lowest BCUT2D eigenvalue weighted by atomic mass is 9.97. The highest BCUT2D eigenvalue weighted by molar-refractivity contribution is 6.02. The summed E-state index contributed by atoms with van der Waals surface area (Å²) in [6.07, 6.45) is 3.26. The predicted molar refractivity (Wildman–Crippen MR) is 114 cm³/mol. The van der Waals surface area contributed by atoms with E-state index < -0.39 is 5.91 Å². The number of aryl methyl sites for hydroxylation is 1. The number of hydrogen-bond acceptors (Lipinski definition) is 3. The molecule has 2 heterocycles. The van der Waals surface area contributed by atoms with Gasteiger partial charge >= 0.3 is 0 Å². The van der Waals surface area contributed by atoms with Crippen molar-refractivity contribution in [3.63, 3.8) is 0 Å². The van der Waals surface area contributed by atoms with Gasteiger partial charge < -0.3 is 19.9 Å². The summed E-state index contributed by atoms with van der Waals surface area (Å²) in [5, 5.41) is 0. The lowest BCUT2D eigenvalue weighted by Gasteiger charge is -2.17. The predicted octanol–water partition coefficient (Wildman–Crippen LogP) is 3.45. The zero-order valence-electron chi connectivity index (χ0n) is 17.9. The van der Waals surface area contributed by atoms with Crippen LogP contribution in [0.15, 0.2) is 18.2 Å². The lowest BCUT2D eigenvalue weighted by molar-refractivity contribution is -0.127. The number of nitrogens with zero attached hydrogens (tertiary/aromatic N) is 2. The van der Waals surface area contributed by atoms with Gasteiger partial charge in [0.1, 0.15) is 5.75 Å². The lowest BCUT2D eigenvalue weighted by Crippen LogP contribution is -2.26. The summed E-state index contributed by atoms with van der Waals surface area (Å²) in [7, 11) is 1.65. The Labute approximate surface area is 172 Å². The minimum atomic E-state index is -0.408. The maximum atomic E-state index is 12.4. The number of rotatable bonds is 8. The van der Waals surface area contributed by atoms with Crippen LogP contribution in [0.2, 0.25) is 0 Å². The quantitative estimate of drug-likeness (QED) is 0.741. The summed E-state index contributed by atoms with van der Waals surface area (Å²) < 4.78 is 7.58. The van der Waals surface area contributed by atoms with Gasteiger partial charge in [-0.25, -0.2) is 0 Å². The molecule has 2 N–H and O–H groups in total. The van der Waals surface area contributed by atoms with Gasteiger partial charge in [0.05, 0.1) is 12.7 Å². The molecule has 1 aliphatic rings. The number of nitrogens with two attached hydrogens (primary N) is 1. The summed E-state index contributed by atoms with van der Waals surface area (Å²) in [5.41, 5.74) is 11.3. The molecule has 0 radical (unpaired) electrons. The molecule has 1 aromatic carbocycles. The first-order valence-electron chi connectivity index (χ1n) is 10.3. The van der Waals surface area contributed by atoms with Gasteiger partial charge in [-0.05, 0) is 56.4 Å². The topological polar surface area (TPSA) is 77.6 Å². The third-order valence-corrected chi connectivity index (χ3v) is 5.88. The van der Waals surface area contributed by atoms with Crippen molar-refractivity contribution in [1.29, 1.82) is 0 Å². The SMILES string of the molecule is CCc1c(-c2ccc(OC)c(C)c2)c(C(N)=O)c(C)n1CCCN1CCCC1=O. The molecule has 1 saturated heterocycles. The molecule has 0 saturated carbocycles. The fourth-order valence-electron chi connectivity index (χ4n) is 4.47. The Morgan fingerprint density at radius 2 is 2.00 bits per heavy atom. The molecule has 1 aromatic heterocycles. The number of methoxy groups -OCH3 is 1. The molecule has 1 fully saturated rings. The van der Waals surface area contributed by atoms with Gasteiger partial charge in [0, 0.05) is 43.0 Å². The standard InChI is InChI=1S/C23H31N3O3/c1-5-18-22(17-9-10-19(29-4)15(2)14-17)21(23(24)28)16(3)26(18)13-7-12-25-11-6-8-20(25)27/h9-10,14H,5-8,11-13H2,1-4H3,(H2,24,28). The Bertz CT molecular complexity index is 930. The van der Waals surface area contributed by atoms with Crippen LogP contribution in [0.4, 0.5) is 0 Å². The molecule has 0 unspecified atom stereocenters. The average molecular weight is 398 g/mol. The second-order valence-electron chi connectivity index (χ2n) is 7.67. The van der Waals surface area contributed by atoms with Gasteiger partial charge in [-0.1, -0.05) is 13.0 Å². The van der Waals surface area contributed by atoms with E-state index in [0.717, 1.165) is 72.7 Å². The monoisotopic (exact) mass is 397 g/mol. The van der Waals surface area contributed by atoms with Crippen LogP contribution >= 0.6 is 0 Å².